The van der Waals surface area contributed by atoms with Gasteiger partial charge in [-0.25, -0.2) is 49.8 Å². The highest BCUT2D eigenvalue weighted by Crippen LogP contribution is 2.39. The van der Waals surface area contributed by atoms with Crippen LogP contribution in [0.1, 0.15) is 289 Å². The van der Waals surface area contributed by atoms with Gasteiger partial charge < -0.3 is 52.1 Å². The maximum absolute atomic E-state index is 13.5. The molecular formula is C115H137Br2Cl3N20O6. The summed E-state index contributed by atoms with van der Waals surface area (Å²) in [6, 6.07) is 53.8. The highest BCUT2D eigenvalue weighted by Gasteiger charge is 2.33. The molecule has 3 fully saturated rings. The van der Waals surface area contributed by atoms with Gasteiger partial charge >= 0.3 is 0 Å². The lowest BCUT2D eigenvalue weighted by Gasteiger charge is -2.25. The van der Waals surface area contributed by atoms with Crippen LogP contribution in [0.25, 0.3) is 55.8 Å². The van der Waals surface area contributed by atoms with Crippen molar-refractivity contribution in [2.45, 2.75) is 255 Å². The smallest absolute Gasteiger partial charge is 0.258 e. The van der Waals surface area contributed by atoms with Crippen molar-refractivity contribution in [3.8, 4) is 5.75 Å². The van der Waals surface area contributed by atoms with Crippen LogP contribution in [0, 0.1) is 24.7 Å². The number of amides is 5. The molecule has 0 radical (unpaired) electrons. The van der Waals surface area contributed by atoms with Crippen LogP contribution in [-0.2, 0) is 45.8 Å². The average molecular weight is 2160 g/mol. The number of rotatable bonds is 37. The number of aromatic nitrogens is 15. The highest BCUT2D eigenvalue weighted by molar-refractivity contribution is 9.10. The second kappa shape index (κ2) is 53.5. The fourth-order valence-electron chi connectivity index (χ4n) is 19.3. The Kier molecular flexibility index (Phi) is 40.2. The molecule has 0 saturated heterocycles. The number of benzene rings is 5. The molecule has 3 saturated carbocycles. The molecule has 0 unspecified atom stereocenters. The van der Waals surface area contributed by atoms with Crippen molar-refractivity contribution in [2.24, 2.45) is 17.8 Å². The van der Waals surface area contributed by atoms with Gasteiger partial charge in [-0.2, -0.15) is 0 Å². The number of carbonyl (C=O) groups excluding carboxylic acids is 5. The van der Waals surface area contributed by atoms with Gasteiger partial charge in [0.1, 0.15) is 62.5 Å². The standard InChI is InChI=1S/C24H29BrN4O.C24H28Cl2N4O.C23H27BrN4O.C23H29ClN4O2.C21H24N4O/c1-17(2)13-15-28(24(30)18-9-11-19(25)12-10-18)16-22-27-21-8-5-14-26-23(21)29(22)20-6-3-4-7-20;1-16(2)11-13-29(24(31)17-9-10-19(25)20(26)14-17)15-22-28-21-8-5-12-27-23(21)30(22)18-6-3-4-7-18;1-2-3-15-27(23(29)18-11-6-7-12-19(18)24)16-21-26-20-13-8-14-25-22(20)28(21)17-9-4-5-10-17;1-5-12-28-21(26-19-7-6-11-25-22(19)28)15-27(13-10-16(2)3)23(29)18-14-17(24)8-9-20(18)30-4;1-4-13-24(21(26)17-10-7-6-9-16(17)3)15-19-23-18-11-8-12-22-20(18)25(19)14-5-2/h5,8-12,14,17,20H,3-4,6-7,13,15-16H2,1-2H3;5,8-10,12,14,16,18H,3-4,6-7,11,13,15H2,1-2H3;6-8,11-14,17H,2-5,9-10,15-16H2,1H3;6-9,11,14,16H,5,10,12-13,15H2,1-4H3;4,6-12H,1,5,13-15H2,2-3H3. The van der Waals surface area contributed by atoms with Crippen molar-refractivity contribution < 1.29 is 28.7 Å². The summed E-state index contributed by atoms with van der Waals surface area (Å²) in [5.41, 5.74) is 13.0. The van der Waals surface area contributed by atoms with Crippen molar-refractivity contribution in [1.29, 1.82) is 0 Å². The monoisotopic (exact) mass is 2160 g/mol. The van der Waals surface area contributed by atoms with E-state index in [1.807, 2.05) is 179 Å². The molecule has 0 atom stereocenters. The largest absolute Gasteiger partial charge is 0.496 e. The molecule has 0 N–H and O–H groups in total. The van der Waals surface area contributed by atoms with E-state index in [1.54, 1.807) is 66.9 Å². The van der Waals surface area contributed by atoms with Crippen LogP contribution < -0.4 is 4.74 Å². The molecule has 3 aliphatic carbocycles. The Bertz CT molecular complexity index is 6920. The first kappa shape index (κ1) is 110. The van der Waals surface area contributed by atoms with Gasteiger partial charge in [-0.15, -0.1) is 6.58 Å². The number of pyridine rings is 5. The summed E-state index contributed by atoms with van der Waals surface area (Å²) in [6.45, 7) is 32.3. The SMILES string of the molecule is C=CCN(Cc1nc2cccnc2n1CCC)C(=O)c1ccccc1C.CC(C)CCN(Cc1nc2cccnc2n1C1CCCC1)C(=O)c1ccc(Br)cc1.CC(C)CCN(Cc1nc2cccnc2n1C1CCCC1)C(=O)c1ccc(Cl)c(Cl)c1.CCCCN(Cc1nc2cccnc2n1C1CCCC1)C(=O)c1ccccc1Br.CCCn1c(CN(CCC(C)C)C(=O)c2cc(Cl)ccc2OC)nc2cccnc21. The summed E-state index contributed by atoms with van der Waals surface area (Å²) >= 11 is 25.4. The van der Waals surface area contributed by atoms with E-state index < -0.39 is 0 Å². The molecule has 146 heavy (non-hydrogen) atoms. The van der Waals surface area contributed by atoms with Crippen LogP contribution >= 0.6 is 66.7 Å². The minimum absolute atomic E-state index is 0.00827. The molecule has 768 valence electrons. The van der Waals surface area contributed by atoms with Crippen molar-refractivity contribution in [1.82, 2.24) is 97.2 Å². The number of nitrogens with zero attached hydrogens (tertiary/aromatic N) is 20. The summed E-state index contributed by atoms with van der Waals surface area (Å²) in [5.74, 6) is 6.41. The van der Waals surface area contributed by atoms with E-state index in [2.05, 4.69) is 149 Å². The lowest BCUT2D eigenvalue weighted by Crippen LogP contribution is -2.33. The van der Waals surface area contributed by atoms with Crippen molar-refractivity contribution in [3.05, 3.63) is 300 Å². The minimum Gasteiger partial charge on any atom is -0.496 e. The highest BCUT2D eigenvalue weighted by atomic mass is 79.9. The van der Waals surface area contributed by atoms with Gasteiger partial charge in [0.15, 0.2) is 28.2 Å². The predicted octanol–water partition coefficient (Wildman–Crippen LogP) is 27.5. The second-order valence-electron chi connectivity index (χ2n) is 39.2. The number of carbonyl (C=O) groups is 5. The lowest BCUT2D eigenvalue weighted by molar-refractivity contribution is 0.0719. The number of hydrogen-bond donors (Lipinski definition) is 0. The normalized spacial score (nSPS) is 13.3. The number of methoxy groups -OCH3 is 1. The third-order valence-corrected chi connectivity index (χ3v) is 29.2. The number of halogens is 5. The molecule has 0 bridgehead atoms. The Hall–Kier alpha value is -12.1. The number of hydrogen-bond acceptors (Lipinski definition) is 16. The fraction of sp³-hybridized carbons (Fsp3) is 0.417. The molecule has 26 nitrogen and oxygen atoms in total. The summed E-state index contributed by atoms with van der Waals surface area (Å²) in [7, 11) is 1.56. The molecule has 10 aromatic heterocycles. The third-order valence-electron chi connectivity index (χ3n) is 27.0. The van der Waals surface area contributed by atoms with E-state index in [4.69, 9.17) is 64.5 Å². The summed E-state index contributed by atoms with van der Waals surface area (Å²) < 4.78 is 18.3. The predicted molar refractivity (Wildman–Crippen MR) is 592 cm³/mol. The van der Waals surface area contributed by atoms with E-state index in [0.717, 1.165) is 203 Å². The average Bonchev–Trinajstić information content (AvgIpc) is 1.64. The zero-order chi connectivity index (χ0) is 103. The van der Waals surface area contributed by atoms with E-state index in [1.165, 1.54) is 38.5 Å². The number of ether oxygens (including phenoxy) is 1. The molecule has 0 spiro atoms. The first-order valence-electron chi connectivity index (χ1n) is 51.7. The molecule has 31 heteroatoms. The van der Waals surface area contributed by atoms with Gasteiger partial charge in [-0.1, -0.05) is 194 Å². The molecule has 5 amide bonds. The van der Waals surface area contributed by atoms with E-state index in [0.29, 0.717) is 143 Å². The molecule has 3 aliphatic rings. The lowest BCUT2D eigenvalue weighted by atomic mass is 10.1. The molecule has 18 rings (SSSR count). The van der Waals surface area contributed by atoms with Crippen LogP contribution in [-0.4, -0.2) is 167 Å². The van der Waals surface area contributed by atoms with Gasteiger partial charge in [0.05, 0.1) is 61.0 Å². The van der Waals surface area contributed by atoms with E-state index in [-0.39, 0.29) is 29.5 Å². The molecule has 0 aliphatic heterocycles. The first-order valence-corrected chi connectivity index (χ1v) is 54.4. The Morgan fingerprint density at radius 3 is 1.18 bits per heavy atom. The Balaban J connectivity index is 0.000000144. The molecular weight excluding hydrogens is 2020 g/mol. The van der Waals surface area contributed by atoms with Crippen LogP contribution in [0.15, 0.2) is 222 Å². The van der Waals surface area contributed by atoms with Gasteiger partial charge in [-0.3, -0.25) is 24.0 Å². The quantitative estimate of drug-likeness (QED) is 0.0328. The maximum Gasteiger partial charge on any atom is 0.258 e. The molecule has 10 heterocycles. The third kappa shape index (κ3) is 28.0. The van der Waals surface area contributed by atoms with Gasteiger partial charge in [0.2, 0.25) is 0 Å². The van der Waals surface area contributed by atoms with Crippen LogP contribution in [0.5, 0.6) is 5.75 Å². The van der Waals surface area contributed by atoms with Gasteiger partial charge in [0, 0.05) is 126 Å². The molecule has 5 aromatic carbocycles. The van der Waals surface area contributed by atoms with E-state index in [9.17, 15) is 24.0 Å². The van der Waals surface area contributed by atoms with Crippen LogP contribution in [0.2, 0.25) is 15.1 Å². The molecule has 15 aromatic rings. The fourth-order valence-corrected chi connectivity index (χ4v) is 20.5. The number of imidazole rings is 5. The van der Waals surface area contributed by atoms with Crippen LogP contribution in [0.4, 0.5) is 0 Å². The summed E-state index contributed by atoms with van der Waals surface area (Å²) in [6.07, 6.45) is 31.8. The number of fused-ring (bicyclic) bond motifs is 5. The Labute approximate surface area is 889 Å². The van der Waals surface area contributed by atoms with Crippen molar-refractivity contribution in [3.63, 3.8) is 0 Å². The second-order valence-corrected chi connectivity index (χ2v) is 42.2. The summed E-state index contributed by atoms with van der Waals surface area (Å²) in [4.78, 5) is 123. The zero-order valence-corrected chi connectivity index (χ0v) is 91.4. The summed E-state index contributed by atoms with van der Waals surface area (Å²) in [5, 5.41) is 1.34. The Morgan fingerprint density at radius 1 is 0.404 bits per heavy atom. The van der Waals surface area contributed by atoms with Crippen molar-refractivity contribution in [2.75, 3.05) is 39.8 Å². The van der Waals surface area contributed by atoms with Crippen LogP contribution in [0.3, 0.4) is 0 Å². The van der Waals surface area contributed by atoms with Gasteiger partial charge in [0.25, 0.3) is 29.5 Å². The number of unbranched alkanes of at least 4 members (excludes halogenated alkanes) is 1. The topological polar surface area (TPSA) is 264 Å². The Morgan fingerprint density at radius 2 is 0.774 bits per heavy atom. The first-order chi connectivity index (χ1) is 70.7. The maximum atomic E-state index is 13.5. The van der Waals surface area contributed by atoms with E-state index >= 15 is 0 Å². The van der Waals surface area contributed by atoms with Crippen molar-refractivity contribution >= 4 is 152 Å². The number of aryl methyl sites for hydroxylation is 3. The zero-order valence-electron chi connectivity index (χ0n) is 86.0. The minimum atomic E-state index is -0.113. The van der Waals surface area contributed by atoms with Gasteiger partial charge in [-0.05, 0) is 263 Å².